The second-order valence-corrected chi connectivity index (χ2v) is 4.21. The Hall–Kier alpha value is -1.75. The van der Waals surface area contributed by atoms with E-state index in [0.29, 0.717) is 5.56 Å². The van der Waals surface area contributed by atoms with Crippen LogP contribution in [0, 0.1) is 11.3 Å². The van der Waals surface area contributed by atoms with E-state index in [0.717, 1.165) is 18.6 Å². The summed E-state index contributed by atoms with van der Waals surface area (Å²) in [7, 11) is 0. The van der Waals surface area contributed by atoms with E-state index in [-0.39, 0.29) is 5.60 Å². The minimum Gasteiger partial charge on any atom is -0.483 e. The van der Waals surface area contributed by atoms with Gasteiger partial charge in [-0.1, -0.05) is 6.58 Å². The minimum absolute atomic E-state index is 0.186. The van der Waals surface area contributed by atoms with Crippen molar-refractivity contribution in [1.29, 1.82) is 5.26 Å². The second-order valence-electron chi connectivity index (χ2n) is 4.21. The van der Waals surface area contributed by atoms with Gasteiger partial charge in [-0.25, -0.2) is 0 Å². The Kier molecular flexibility index (Phi) is 2.96. The first-order valence-corrected chi connectivity index (χ1v) is 5.61. The van der Waals surface area contributed by atoms with Gasteiger partial charge in [0.15, 0.2) is 0 Å². The maximum Gasteiger partial charge on any atom is 0.127 e. The molecule has 1 fully saturated rings. The Bertz CT molecular complexity index is 407. The molecule has 0 heterocycles. The van der Waals surface area contributed by atoms with Crippen molar-refractivity contribution in [3.8, 4) is 11.8 Å². The first kappa shape index (κ1) is 10.8. The first-order chi connectivity index (χ1) is 7.78. The van der Waals surface area contributed by atoms with Crippen LogP contribution >= 0.6 is 0 Å². The van der Waals surface area contributed by atoms with Crippen molar-refractivity contribution >= 4 is 0 Å². The van der Waals surface area contributed by atoms with Crippen LogP contribution in [0.1, 0.15) is 31.2 Å². The van der Waals surface area contributed by atoms with Crippen LogP contribution < -0.4 is 4.74 Å². The van der Waals surface area contributed by atoms with Gasteiger partial charge in [0, 0.05) is 0 Å². The van der Waals surface area contributed by atoms with Crippen LogP contribution in [0.2, 0.25) is 0 Å². The molecule has 1 aliphatic rings. The van der Waals surface area contributed by atoms with Crippen molar-refractivity contribution in [2.75, 3.05) is 0 Å². The molecule has 82 valence electrons. The van der Waals surface area contributed by atoms with Crippen LogP contribution in [0.25, 0.3) is 0 Å². The third-order valence-corrected chi connectivity index (χ3v) is 3.13. The summed E-state index contributed by atoms with van der Waals surface area (Å²) in [6.07, 6.45) is 6.38. The Balaban J connectivity index is 2.13. The van der Waals surface area contributed by atoms with E-state index in [1.165, 1.54) is 12.8 Å². The lowest BCUT2D eigenvalue weighted by Crippen LogP contribution is -2.29. The fraction of sp³-hybridized carbons (Fsp3) is 0.357. The van der Waals surface area contributed by atoms with Gasteiger partial charge in [-0.2, -0.15) is 5.26 Å². The summed E-state index contributed by atoms with van der Waals surface area (Å²) in [5.74, 6) is 0.820. The number of nitrogens with zero attached hydrogens (tertiary/aromatic N) is 1. The summed E-state index contributed by atoms with van der Waals surface area (Å²) >= 11 is 0. The molecule has 0 spiro atoms. The lowest BCUT2D eigenvalue weighted by atomic mass is 10.0. The van der Waals surface area contributed by atoms with Crippen LogP contribution in [-0.2, 0) is 0 Å². The molecule has 2 heteroatoms. The van der Waals surface area contributed by atoms with E-state index in [2.05, 4.69) is 12.6 Å². The second kappa shape index (κ2) is 4.40. The average molecular weight is 213 g/mol. The van der Waals surface area contributed by atoms with E-state index in [1.807, 2.05) is 18.2 Å². The van der Waals surface area contributed by atoms with Crippen molar-refractivity contribution in [1.82, 2.24) is 0 Å². The lowest BCUT2D eigenvalue weighted by molar-refractivity contribution is 0.128. The zero-order valence-electron chi connectivity index (χ0n) is 9.28. The number of hydrogen-bond donors (Lipinski definition) is 0. The monoisotopic (exact) mass is 213 g/mol. The van der Waals surface area contributed by atoms with Crippen LogP contribution in [0.3, 0.4) is 0 Å². The lowest BCUT2D eigenvalue weighted by Gasteiger charge is -2.26. The molecular formula is C14H15NO. The Labute approximate surface area is 96.2 Å². The number of rotatable bonds is 3. The molecule has 16 heavy (non-hydrogen) atoms. The highest BCUT2D eigenvalue weighted by Crippen LogP contribution is 2.35. The van der Waals surface area contributed by atoms with Crippen molar-refractivity contribution in [2.45, 2.75) is 31.3 Å². The van der Waals surface area contributed by atoms with Gasteiger partial charge in [0.25, 0.3) is 0 Å². The number of ether oxygens (including phenoxy) is 1. The summed E-state index contributed by atoms with van der Waals surface area (Å²) in [6.45, 7) is 3.87. The topological polar surface area (TPSA) is 33.0 Å². The van der Waals surface area contributed by atoms with Crippen molar-refractivity contribution < 1.29 is 4.74 Å². The standard InChI is InChI=1S/C14H15NO/c1-2-14(9-3-4-10-14)16-13-7-5-12(11-15)6-8-13/h2,5-8H,1,3-4,9-10H2. The van der Waals surface area contributed by atoms with Gasteiger partial charge in [-0.3, -0.25) is 0 Å². The first-order valence-electron chi connectivity index (χ1n) is 5.61. The van der Waals surface area contributed by atoms with Gasteiger partial charge < -0.3 is 4.74 Å². The third kappa shape index (κ3) is 2.09. The molecular weight excluding hydrogens is 198 g/mol. The summed E-state index contributed by atoms with van der Waals surface area (Å²) in [6, 6.07) is 9.35. The normalized spacial score (nSPS) is 17.7. The summed E-state index contributed by atoms with van der Waals surface area (Å²) in [4.78, 5) is 0. The molecule has 1 aromatic carbocycles. The molecule has 1 aliphatic carbocycles. The molecule has 1 saturated carbocycles. The molecule has 0 radical (unpaired) electrons. The Morgan fingerprint density at radius 1 is 1.25 bits per heavy atom. The van der Waals surface area contributed by atoms with Gasteiger partial charge in [0.2, 0.25) is 0 Å². The summed E-state index contributed by atoms with van der Waals surface area (Å²) < 4.78 is 5.98. The predicted molar refractivity (Wildman–Crippen MR) is 63.2 cm³/mol. The molecule has 0 bridgehead atoms. The van der Waals surface area contributed by atoms with Gasteiger partial charge in [-0.05, 0) is 56.0 Å². The third-order valence-electron chi connectivity index (χ3n) is 3.13. The van der Waals surface area contributed by atoms with Crippen LogP contribution in [0.15, 0.2) is 36.9 Å². The molecule has 0 atom stereocenters. The Morgan fingerprint density at radius 2 is 1.88 bits per heavy atom. The largest absolute Gasteiger partial charge is 0.483 e. The Morgan fingerprint density at radius 3 is 2.38 bits per heavy atom. The molecule has 0 amide bonds. The van der Waals surface area contributed by atoms with Gasteiger partial charge in [0.05, 0.1) is 11.6 Å². The SMILES string of the molecule is C=CC1(Oc2ccc(C#N)cc2)CCCC1. The van der Waals surface area contributed by atoms with Gasteiger partial charge in [0.1, 0.15) is 11.4 Å². The van der Waals surface area contributed by atoms with Crippen LogP contribution in [-0.4, -0.2) is 5.60 Å². The van der Waals surface area contributed by atoms with Crippen molar-refractivity contribution in [2.24, 2.45) is 0 Å². The fourth-order valence-electron chi connectivity index (χ4n) is 2.15. The van der Waals surface area contributed by atoms with Gasteiger partial charge in [-0.15, -0.1) is 0 Å². The molecule has 2 nitrogen and oxygen atoms in total. The quantitative estimate of drug-likeness (QED) is 0.720. The van der Waals surface area contributed by atoms with Crippen LogP contribution in [0.4, 0.5) is 0 Å². The fourth-order valence-corrected chi connectivity index (χ4v) is 2.15. The number of benzene rings is 1. The molecule has 0 unspecified atom stereocenters. The number of nitriles is 1. The highest BCUT2D eigenvalue weighted by molar-refractivity contribution is 5.35. The minimum atomic E-state index is -0.186. The molecule has 0 N–H and O–H groups in total. The highest BCUT2D eigenvalue weighted by atomic mass is 16.5. The van der Waals surface area contributed by atoms with E-state index in [9.17, 15) is 0 Å². The number of hydrogen-bond acceptors (Lipinski definition) is 2. The predicted octanol–water partition coefficient (Wildman–Crippen LogP) is 3.44. The van der Waals surface area contributed by atoms with E-state index < -0.39 is 0 Å². The van der Waals surface area contributed by atoms with E-state index in [4.69, 9.17) is 10.00 Å². The smallest absolute Gasteiger partial charge is 0.127 e. The zero-order valence-corrected chi connectivity index (χ0v) is 9.28. The molecule has 0 saturated heterocycles. The molecule has 0 aliphatic heterocycles. The highest BCUT2D eigenvalue weighted by Gasteiger charge is 2.32. The average Bonchev–Trinajstić information content (AvgIpc) is 2.79. The van der Waals surface area contributed by atoms with E-state index >= 15 is 0 Å². The van der Waals surface area contributed by atoms with Crippen molar-refractivity contribution in [3.05, 3.63) is 42.5 Å². The van der Waals surface area contributed by atoms with Crippen molar-refractivity contribution in [3.63, 3.8) is 0 Å². The maximum atomic E-state index is 8.70. The molecule has 2 rings (SSSR count). The van der Waals surface area contributed by atoms with Crippen LogP contribution in [0.5, 0.6) is 5.75 Å². The van der Waals surface area contributed by atoms with Gasteiger partial charge >= 0.3 is 0 Å². The zero-order chi connectivity index (χ0) is 11.4. The molecule has 1 aromatic rings. The maximum absolute atomic E-state index is 8.70. The van der Waals surface area contributed by atoms with E-state index in [1.54, 1.807) is 12.1 Å². The summed E-state index contributed by atoms with van der Waals surface area (Å²) in [5.41, 5.74) is 0.472. The summed E-state index contributed by atoms with van der Waals surface area (Å²) in [5, 5.41) is 8.70. The molecule has 0 aromatic heterocycles.